The minimum atomic E-state index is -0.404. The van der Waals surface area contributed by atoms with Gasteiger partial charge in [-0.1, -0.05) is 42.5 Å². The van der Waals surface area contributed by atoms with Gasteiger partial charge in [0.25, 0.3) is 0 Å². The Balaban J connectivity index is 2.13. The van der Waals surface area contributed by atoms with Gasteiger partial charge in [0.05, 0.1) is 6.10 Å². The standard InChI is InChI=1S/C17H21NO/c1-3-18(13-15-7-5-4-6-8-15)17-11-9-16(10-12-17)14(2)19/h4-12,14,19H,3,13H2,1-2H3/t14-/m1/s1. The van der Waals surface area contributed by atoms with Crippen LogP contribution in [0.5, 0.6) is 0 Å². The zero-order valence-electron chi connectivity index (χ0n) is 11.6. The third-order valence-corrected chi connectivity index (χ3v) is 3.34. The van der Waals surface area contributed by atoms with E-state index in [1.54, 1.807) is 6.92 Å². The number of anilines is 1. The number of aliphatic hydroxyl groups excluding tert-OH is 1. The van der Waals surface area contributed by atoms with E-state index < -0.39 is 6.10 Å². The molecule has 0 aliphatic heterocycles. The summed E-state index contributed by atoms with van der Waals surface area (Å²) in [5.74, 6) is 0. The van der Waals surface area contributed by atoms with Crippen molar-refractivity contribution in [3.63, 3.8) is 0 Å². The third kappa shape index (κ3) is 3.58. The summed E-state index contributed by atoms with van der Waals surface area (Å²) in [7, 11) is 0. The van der Waals surface area contributed by atoms with Crippen molar-refractivity contribution in [3.8, 4) is 0 Å². The molecular formula is C17H21NO. The molecule has 2 aromatic rings. The molecule has 0 fully saturated rings. The van der Waals surface area contributed by atoms with E-state index in [0.717, 1.165) is 18.7 Å². The highest BCUT2D eigenvalue weighted by Gasteiger charge is 2.06. The van der Waals surface area contributed by atoms with E-state index >= 15 is 0 Å². The highest BCUT2D eigenvalue weighted by Crippen LogP contribution is 2.20. The zero-order chi connectivity index (χ0) is 13.7. The maximum absolute atomic E-state index is 9.53. The quantitative estimate of drug-likeness (QED) is 0.879. The van der Waals surface area contributed by atoms with E-state index in [1.165, 1.54) is 11.3 Å². The molecule has 2 nitrogen and oxygen atoms in total. The highest BCUT2D eigenvalue weighted by molar-refractivity contribution is 5.48. The van der Waals surface area contributed by atoms with Gasteiger partial charge in [-0.3, -0.25) is 0 Å². The third-order valence-electron chi connectivity index (χ3n) is 3.34. The lowest BCUT2D eigenvalue weighted by molar-refractivity contribution is 0.199. The van der Waals surface area contributed by atoms with Gasteiger partial charge in [0.2, 0.25) is 0 Å². The number of nitrogens with zero attached hydrogens (tertiary/aromatic N) is 1. The van der Waals surface area contributed by atoms with Crippen LogP contribution in [0.4, 0.5) is 5.69 Å². The molecule has 0 aliphatic rings. The number of hydrogen-bond acceptors (Lipinski definition) is 2. The molecule has 0 heterocycles. The van der Waals surface area contributed by atoms with E-state index in [-0.39, 0.29) is 0 Å². The Morgan fingerprint density at radius 2 is 1.63 bits per heavy atom. The molecular weight excluding hydrogens is 234 g/mol. The second kappa shape index (κ2) is 6.39. The smallest absolute Gasteiger partial charge is 0.0761 e. The van der Waals surface area contributed by atoms with Gasteiger partial charge in [0.15, 0.2) is 0 Å². The topological polar surface area (TPSA) is 23.5 Å². The Morgan fingerprint density at radius 1 is 1.00 bits per heavy atom. The van der Waals surface area contributed by atoms with E-state index in [0.29, 0.717) is 0 Å². The Labute approximate surface area is 115 Å². The number of rotatable bonds is 5. The first-order valence-electron chi connectivity index (χ1n) is 6.77. The van der Waals surface area contributed by atoms with Gasteiger partial charge < -0.3 is 10.0 Å². The van der Waals surface area contributed by atoms with Crippen molar-refractivity contribution in [2.45, 2.75) is 26.5 Å². The van der Waals surface area contributed by atoms with Gasteiger partial charge in [-0.15, -0.1) is 0 Å². The van der Waals surface area contributed by atoms with Crippen LogP contribution in [-0.2, 0) is 6.54 Å². The second-order valence-corrected chi connectivity index (χ2v) is 4.77. The number of aliphatic hydroxyl groups is 1. The first-order chi connectivity index (χ1) is 9.20. The van der Waals surface area contributed by atoms with Gasteiger partial charge >= 0.3 is 0 Å². The molecule has 0 aliphatic carbocycles. The van der Waals surface area contributed by atoms with Crippen LogP contribution in [0.15, 0.2) is 54.6 Å². The monoisotopic (exact) mass is 255 g/mol. The molecule has 0 bridgehead atoms. The summed E-state index contributed by atoms with van der Waals surface area (Å²) in [5, 5.41) is 9.53. The Bertz CT molecular complexity index is 490. The normalized spacial score (nSPS) is 12.2. The molecule has 0 radical (unpaired) electrons. The van der Waals surface area contributed by atoms with Crippen LogP contribution in [-0.4, -0.2) is 11.7 Å². The van der Waals surface area contributed by atoms with Gasteiger partial charge in [0, 0.05) is 18.8 Å². The summed E-state index contributed by atoms with van der Waals surface area (Å²) in [4.78, 5) is 2.32. The number of benzene rings is 2. The first-order valence-corrected chi connectivity index (χ1v) is 6.77. The average molecular weight is 255 g/mol. The van der Waals surface area contributed by atoms with Crippen LogP contribution < -0.4 is 4.90 Å². The van der Waals surface area contributed by atoms with E-state index in [4.69, 9.17) is 0 Å². The van der Waals surface area contributed by atoms with Crippen molar-refractivity contribution >= 4 is 5.69 Å². The number of hydrogen-bond donors (Lipinski definition) is 1. The van der Waals surface area contributed by atoms with Crippen molar-refractivity contribution in [1.82, 2.24) is 0 Å². The lowest BCUT2D eigenvalue weighted by atomic mass is 10.1. The summed E-state index contributed by atoms with van der Waals surface area (Å²) in [6.07, 6.45) is -0.404. The summed E-state index contributed by atoms with van der Waals surface area (Å²) in [6, 6.07) is 18.6. The molecule has 19 heavy (non-hydrogen) atoms. The van der Waals surface area contributed by atoms with Crippen LogP contribution in [0.2, 0.25) is 0 Å². The average Bonchev–Trinajstić information content (AvgIpc) is 2.46. The predicted octanol–water partition coefficient (Wildman–Crippen LogP) is 3.77. The van der Waals surface area contributed by atoms with E-state index in [2.05, 4.69) is 48.2 Å². The van der Waals surface area contributed by atoms with Gasteiger partial charge in [-0.25, -0.2) is 0 Å². The zero-order valence-corrected chi connectivity index (χ0v) is 11.6. The molecule has 2 aromatic carbocycles. The summed E-state index contributed by atoms with van der Waals surface area (Å²) >= 11 is 0. The molecule has 100 valence electrons. The molecule has 1 N–H and O–H groups in total. The van der Waals surface area contributed by atoms with Gasteiger partial charge in [0.1, 0.15) is 0 Å². The van der Waals surface area contributed by atoms with Gasteiger partial charge in [-0.2, -0.15) is 0 Å². The summed E-state index contributed by atoms with van der Waals surface area (Å²) < 4.78 is 0. The Hall–Kier alpha value is -1.80. The molecule has 1 atom stereocenters. The van der Waals surface area contributed by atoms with E-state index in [9.17, 15) is 5.11 Å². The fourth-order valence-corrected chi connectivity index (χ4v) is 2.15. The predicted molar refractivity (Wildman–Crippen MR) is 80.2 cm³/mol. The molecule has 0 saturated carbocycles. The molecule has 2 rings (SSSR count). The minimum Gasteiger partial charge on any atom is -0.389 e. The molecule has 0 spiro atoms. The van der Waals surface area contributed by atoms with Crippen molar-refractivity contribution in [2.24, 2.45) is 0 Å². The van der Waals surface area contributed by atoms with Crippen molar-refractivity contribution < 1.29 is 5.11 Å². The highest BCUT2D eigenvalue weighted by atomic mass is 16.3. The van der Waals surface area contributed by atoms with Crippen LogP contribution in [0.1, 0.15) is 31.1 Å². The van der Waals surface area contributed by atoms with Crippen LogP contribution in [0, 0.1) is 0 Å². The molecule has 0 saturated heterocycles. The molecule has 0 unspecified atom stereocenters. The van der Waals surface area contributed by atoms with Crippen molar-refractivity contribution in [1.29, 1.82) is 0 Å². The Kier molecular flexibility index (Phi) is 4.58. The second-order valence-electron chi connectivity index (χ2n) is 4.77. The van der Waals surface area contributed by atoms with Gasteiger partial charge in [-0.05, 0) is 37.1 Å². The minimum absolute atomic E-state index is 0.404. The fourth-order valence-electron chi connectivity index (χ4n) is 2.15. The summed E-state index contributed by atoms with van der Waals surface area (Å²) in [5.41, 5.74) is 3.46. The van der Waals surface area contributed by atoms with Crippen LogP contribution in [0.25, 0.3) is 0 Å². The maximum Gasteiger partial charge on any atom is 0.0761 e. The fraction of sp³-hybridized carbons (Fsp3) is 0.294. The van der Waals surface area contributed by atoms with Crippen molar-refractivity contribution in [2.75, 3.05) is 11.4 Å². The lowest BCUT2D eigenvalue weighted by Crippen LogP contribution is -2.21. The van der Waals surface area contributed by atoms with Crippen LogP contribution in [0.3, 0.4) is 0 Å². The van der Waals surface area contributed by atoms with Crippen LogP contribution >= 0.6 is 0 Å². The molecule has 2 heteroatoms. The lowest BCUT2D eigenvalue weighted by Gasteiger charge is -2.23. The molecule has 0 aromatic heterocycles. The summed E-state index contributed by atoms with van der Waals surface area (Å²) in [6.45, 7) is 5.82. The Morgan fingerprint density at radius 3 is 2.16 bits per heavy atom. The molecule has 0 amide bonds. The maximum atomic E-state index is 9.53. The van der Waals surface area contributed by atoms with Crippen molar-refractivity contribution in [3.05, 3.63) is 65.7 Å². The SMILES string of the molecule is CCN(Cc1ccccc1)c1ccc([C@@H](C)O)cc1. The first kappa shape index (κ1) is 13.6. The van der Waals surface area contributed by atoms with E-state index in [1.807, 2.05) is 18.2 Å². The largest absolute Gasteiger partial charge is 0.389 e.